The third kappa shape index (κ3) is 4.96. The lowest BCUT2D eigenvalue weighted by atomic mass is 9.93. The van der Waals surface area contributed by atoms with Crippen LogP contribution in [-0.2, 0) is 4.79 Å². The molecule has 0 spiro atoms. The molecule has 4 rings (SSSR count). The Morgan fingerprint density at radius 2 is 1.60 bits per heavy atom. The Kier molecular flexibility index (Phi) is 6.90. The molecule has 1 saturated carbocycles. The van der Waals surface area contributed by atoms with Gasteiger partial charge in [0, 0.05) is 43.6 Å². The normalized spacial score (nSPS) is 18.2. The van der Waals surface area contributed by atoms with E-state index in [1.54, 1.807) is 7.11 Å². The van der Waals surface area contributed by atoms with Crippen molar-refractivity contribution < 1.29 is 9.53 Å². The maximum Gasteiger partial charge on any atom is 0.241 e. The Bertz CT molecular complexity index is 795. The standard InChI is InChI=1S/C25H33N3O2/c1-30-24-14-12-21(13-15-24)27-18-16-26(17-19-27)20-25(29)28(22-8-4-2-5-9-22)23-10-6-3-7-11-23/h2,4-5,8-9,12-15,23H,3,6-7,10-11,16-20H2,1H3. The van der Waals surface area contributed by atoms with E-state index in [2.05, 4.69) is 39.0 Å². The third-order valence-electron chi connectivity index (χ3n) is 6.41. The predicted octanol–water partition coefficient (Wildman–Crippen LogP) is 4.18. The average molecular weight is 408 g/mol. The van der Waals surface area contributed by atoms with Crippen molar-refractivity contribution >= 4 is 17.3 Å². The van der Waals surface area contributed by atoms with E-state index in [4.69, 9.17) is 4.74 Å². The summed E-state index contributed by atoms with van der Waals surface area (Å²) in [6.07, 6.45) is 5.97. The van der Waals surface area contributed by atoms with Crippen molar-refractivity contribution in [2.24, 2.45) is 0 Å². The monoisotopic (exact) mass is 407 g/mol. The van der Waals surface area contributed by atoms with Crippen LogP contribution in [0.2, 0.25) is 0 Å². The Balaban J connectivity index is 1.37. The summed E-state index contributed by atoms with van der Waals surface area (Å²) >= 11 is 0. The number of benzene rings is 2. The number of nitrogens with zero attached hydrogens (tertiary/aromatic N) is 3. The SMILES string of the molecule is COc1ccc(N2CCN(CC(=O)N(c3ccccc3)C3CCCCC3)CC2)cc1. The number of hydrogen-bond donors (Lipinski definition) is 0. The highest BCUT2D eigenvalue weighted by Gasteiger charge is 2.29. The van der Waals surface area contributed by atoms with Crippen LogP contribution in [0.5, 0.6) is 5.75 Å². The first kappa shape index (κ1) is 20.7. The molecule has 0 bridgehead atoms. The fourth-order valence-corrected chi connectivity index (χ4v) is 4.71. The fraction of sp³-hybridized carbons (Fsp3) is 0.480. The molecule has 0 radical (unpaired) electrons. The summed E-state index contributed by atoms with van der Waals surface area (Å²) in [6, 6.07) is 18.8. The van der Waals surface area contributed by atoms with Gasteiger partial charge in [0.1, 0.15) is 5.75 Å². The van der Waals surface area contributed by atoms with Crippen LogP contribution in [0.1, 0.15) is 32.1 Å². The van der Waals surface area contributed by atoms with Gasteiger partial charge in [-0.25, -0.2) is 0 Å². The van der Waals surface area contributed by atoms with E-state index in [1.807, 2.05) is 30.3 Å². The second-order valence-corrected chi connectivity index (χ2v) is 8.35. The minimum absolute atomic E-state index is 0.242. The second-order valence-electron chi connectivity index (χ2n) is 8.35. The average Bonchev–Trinajstić information content (AvgIpc) is 2.81. The van der Waals surface area contributed by atoms with Crippen LogP contribution in [0.4, 0.5) is 11.4 Å². The van der Waals surface area contributed by atoms with Crippen molar-refractivity contribution in [3.8, 4) is 5.75 Å². The number of carbonyl (C=O) groups is 1. The van der Waals surface area contributed by atoms with Gasteiger partial charge >= 0.3 is 0 Å². The predicted molar refractivity (Wildman–Crippen MR) is 122 cm³/mol. The molecule has 1 aliphatic carbocycles. The Hall–Kier alpha value is -2.53. The van der Waals surface area contributed by atoms with Crippen LogP contribution < -0.4 is 14.5 Å². The minimum atomic E-state index is 0.242. The number of para-hydroxylation sites is 1. The molecule has 1 amide bonds. The molecule has 2 fully saturated rings. The van der Waals surface area contributed by atoms with Gasteiger partial charge < -0.3 is 14.5 Å². The number of piperazine rings is 1. The summed E-state index contributed by atoms with van der Waals surface area (Å²) in [5.74, 6) is 1.12. The van der Waals surface area contributed by atoms with Crippen LogP contribution >= 0.6 is 0 Å². The summed E-state index contributed by atoms with van der Waals surface area (Å²) in [5, 5.41) is 0. The van der Waals surface area contributed by atoms with Crippen molar-refractivity contribution in [2.45, 2.75) is 38.1 Å². The molecule has 2 aliphatic rings. The first-order valence-electron chi connectivity index (χ1n) is 11.2. The molecule has 2 aromatic rings. The summed E-state index contributed by atoms with van der Waals surface area (Å²) in [4.78, 5) is 20.2. The highest BCUT2D eigenvalue weighted by atomic mass is 16.5. The first-order valence-corrected chi connectivity index (χ1v) is 11.2. The van der Waals surface area contributed by atoms with Crippen LogP contribution in [0.3, 0.4) is 0 Å². The Morgan fingerprint density at radius 1 is 0.933 bits per heavy atom. The highest BCUT2D eigenvalue weighted by molar-refractivity contribution is 5.95. The maximum absolute atomic E-state index is 13.4. The molecule has 5 nitrogen and oxygen atoms in total. The van der Waals surface area contributed by atoms with E-state index in [0.717, 1.165) is 50.5 Å². The van der Waals surface area contributed by atoms with Gasteiger partial charge in [-0.1, -0.05) is 37.5 Å². The number of rotatable bonds is 6. The molecule has 160 valence electrons. The number of amides is 1. The van der Waals surface area contributed by atoms with E-state index >= 15 is 0 Å². The minimum Gasteiger partial charge on any atom is -0.497 e. The number of anilines is 2. The van der Waals surface area contributed by atoms with E-state index in [0.29, 0.717) is 12.6 Å². The lowest BCUT2D eigenvalue weighted by molar-refractivity contribution is -0.120. The molecule has 1 saturated heterocycles. The van der Waals surface area contributed by atoms with Crippen molar-refractivity contribution in [3.63, 3.8) is 0 Å². The van der Waals surface area contributed by atoms with Gasteiger partial charge in [-0.15, -0.1) is 0 Å². The quantitative estimate of drug-likeness (QED) is 0.720. The van der Waals surface area contributed by atoms with Gasteiger partial charge in [-0.05, 0) is 49.2 Å². The molecule has 0 unspecified atom stereocenters. The molecule has 2 aromatic carbocycles. The topological polar surface area (TPSA) is 36.0 Å². The van der Waals surface area contributed by atoms with Crippen molar-refractivity contribution in [2.75, 3.05) is 49.6 Å². The zero-order valence-electron chi connectivity index (χ0n) is 18.0. The Morgan fingerprint density at radius 3 is 2.23 bits per heavy atom. The van der Waals surface area contributed by atoms with E-state index in [-0.39, 0.29) is 5.91 Å². The van der Waals surface area contributed by atoms with Crippen LogP contribution in [0.15, 0.2) is 54.6 Å². The summed E-state index contributed by atoms with van der Waals surface area (Å²) < 4.78 is 5.26. The molecular weight excluding hydrogens is 374 g/mol. The zero-order chi connectivity index (χ0) is 20.8. The number of carbonyl (C=O) groups excluding carboxylic acids is 1. The summed E-state index contributed by atoms with van der Waals surface area (Å²) in [6.45, 7) is 4.20. The lowest BCUT2D eigenvalue weighted by Gasteiger charge is -2.39. The molecule has 30 heavy (non-hydrogen) atoms. The number of hydrogen-bond acceptors (Lipinski definition) is 4. The summed E-state index contributed by atoms with van der Waals surface area (Å²) in [5.41, 5.74) is 2.26. The fourth-order valence-electron chi connectivity index (χ4n) is 4.71. The molecule has 0 aromatic heterocycles. The zero-order valence-corrected chi connectivity index (χ0v) is 18.0. The molecule has 0 atom stereocenters. The third-order valence-corrected chi connectivity index (χ3v) is 6.41. The van der Waals surface area contributed by atoms with Gasteiger partial charge in [0.05, 0.1) is 13.7 Å². The number of ether oxygens (including phenoxy) is 1. The smallest absolute Gasteiger partial charge is 0.241 e. The van der Waals surface area contributed by atoms with E-state index in [9.17, 15) is 4.79 Å². The molecule has 5 heteroatoms. The molecule has 1 aliphatic heterocycles. The largest absolute Gasteiger partial charge is 0.497 e. The molecular formula is C25H33N3O2. The van der Waals surface area contributed by atoms with E-state index < -0.39 is 0 Å². The maximum atomic E-state index is 13.4. The van der Waals surface area contributed by atoms with Gasteiger partial charge in [-0.2, -0.15) is 0 Å². The van der Waals surface area contributed by atoms with Crippen molar-refractivity contribution in [1.29, 1.82) is 0 Å². The number of methoxy groups -OCH3 is 1. The van der Waals surface area contributed by atoms with Gasteiger partial charge in [0.2, 0.25) is 5.91 Å². The van der Waals surface area contributed by atoms with Crippen LogP contribution in [-0.4, -0.2) is 56.7 Å². The van der Waals surface area contributed by atoms with E-state index in [1.165, 1.54) is 24.9 Å². The van der Waals surface area contributed by atoms with Crippen LogP contribution in [0.25, 0.3) is 0 Å². The van der Waals surface area contributed by atoms with Crippen molar-refractivity contribution in [1.82, 2.24) is 4.90 Å². The molecule has 1 heterocycles. The van der Waals surface area contributed by atoms with Crippen LogP contribution in [0, 0.1) is 0 Å². The second kappa shape index (κ2) is 9.98. The lowest BCUT2D eigenvalue weighted by Crippen LogP contribution is -2.52. The summed E-state index contributed by atoms with van der Waals surface area (Å²) in [7, 11) is 1.69. The highest BCUT2D eigenvalue weighted by Crippen LogP contribution is 2.28. The first-order chi connectivity index (χ1) is 14.7. The van der Waals surface area contributed by atoms with Gasteiger partial charge in [0.25, 0.3) is 0 Å². The van der Waals surface area contributed by atoms with Crippen molar-refractivity contribution in [3.05, 3.63) is 54.6 Å². The Labute approximate surface area is 180 Å². The van der Waals surface area contributed by atoms with Gasteiger partial charge in [-0.3, -0.25) is 9.69 Å². The molecule has 0 N–H and O–H groups in total. The van der Waals surface area contributed by atoms with Gasteiger partial charge in [0.15, 0.2) is 0 Å².